The smallest absolute Gasteiger partial charge is 0.220 e. The average molecular weight is 182 g/mol. The highest BCUT2D eigenvalue weighted by Crippen LogP contribution is 2.37. The lowest BCUT2D eigenvalue weighted by molar-refractivity contribution is -0.128. The van der Waals surface area contributed by atoms with Crippen LogP contribution in [0.1, 0.15) is 26.7 Å². The summed E-state index contributed by atoms with van der Waals surface area (Å²) in [4.78, 5) is 13.5. The van der Waals surface area contributed by atoms with Crippen LogP contribution in [-0.4, -0.2) is 36.5 Å². The molecule has 2 rings (SSSR count). The lowest BCUT2D eigenvalue weighted by Crippen LogP contribution is -2.64. The van der Waals surface area contributed by atoms with Gasteiger partial charge in [0.1, 0.15) is 0 Å². The fraction of sp³-hybridized carbons (Fsp3) is 0.900. The first-order chi connectivity index (χ1) is 6.11. The van der Waals surface area contributed by atoms with Crippen LogP contribution in [0, 0.1) is 5.41 Å². The van der Waals surface area contributed by atoms with Crippen molar-refractivity contribution in [1.82, 2.24) is 10.2 Å². The quantitative estimate of drug-likeness (QED) is 0.644. The van der Waals surface area contributed by atoms with E-state index in [-0.39, 0.29) is 5.91 Å². The van der Waals surface area contributed by atoms with Crippen molar-refractivity contribution in [2.24, 2.45) is 5.41 Å². The Kier molecular flexibility index (Phi) is 2.06. The highest BCUT2D eigenvalue weighted by atomic mass is 16.1. The molecule has 3 nitrogen and oxygen atoms in total. The second-order valence-corrected chi connectivity index (χ2v) is 4.78. The molecule has 2 saturated heterocycles. The van der Waals surface area contributed by atoms with E-state index in [1.165, 1.54) is 13.1 Å². The van der Waals surface area contributed by atoms with Crippen molar-refractivity contribution in [3.8, 4) is 0 Å². The number of nitrogens with one attached hydrogen (secondary N) is 1. The van der Waals surface area contributed by atoms with E-state index in [1.807, 2.05) is 0 Å². The first-order valence-electron chi connectivity index (χ1n) is 5.12. The summed E-state index contributed by atoms with van der Waals surface area (Å²) in [7, 11) is 0. The molecule has 0 aliphatic carbocycles. The van der Waals surface area contributed by atoms with Crippen molar-refractivity contribution >= 4 is 5.91 Å². The fourth-order valence-corrected chi connectivity index (χ4v) is 2.29. The van der Waals surface area contributed by atoms with Crippen molar-refractivity contribution in [3.05, 3.63) is 0 Å². The van der Waals surface area contributed by atoms with E-state index >= 15 is 0 Å². The van der Waals surface area contributed by atoms with Gasteiger partial charge in [0.25, 0.3) is 0 Å². The van der Waals surface area contributed by atoms with Gasteiger partial charge in [-0.05, 0) is 20.3 Å². The Morgan fingerprint density at radius 1 is 1.46 bits per heavy atom. The number of rotatable bonds is 1. The van der Waals surface area contributed by atoms with E-state index in [4.69, 9.17) is 0 Å². The average Bonchev–Trinajstić information content (AvgIpc) is 2.02. The summed E-state index contributed by atoms with van der Waals surface area (Å²) in [5.74, 6) is 0.230. The van der Waals surface area contributed by atoms with Crippen LogP contribution in [0.15, 0.2) is 0 Å². The summed E-state index contributed by atoms with van der Waals surface area (Å²) in [6.07, 6.45) is 1.81. The Morgan fingerprint density at radius 3 is 2.62 bits per heavy atom. The highest BCUT2D eigenvalue weighted by molar-refractivity contribution is 5.76. The molecule has 74 valence electrons. The molecule has 2 heterocycles. The normalized spacial score (nSPS) is 27.5. The Bertz CT molecular complexity index is 207. The summed E-state index contributed by atoms with van der Waals surface area (Å²) >= 11 is 0. The van der Waals surface area contributed by atoms with Crippen LogP contribution in [0.4, 0.5) is 0 Å². The first kappa shape index (κ1) is 9.00. The Labute approximate surface area is 79.5 Å². The number of likely N-dealkylation sites (tertiary alicyclic amines) is 1. The van der Waals surface area contributed by atoms with Gasteiger partial charge in [0.05, 0.1) is 0 Å². The van der Waals surface area contributed by atoms with Gasteiger partial charge in [-0.25, -0.2) is 0 Å². The van der Waals surface area contributed by atoms with Crippen molar-refractivity contribution in [3.63, 3.8) is 0 Å². The van der Waals surface area contributed by atoms with Crippen LogP contribution in [-0.2, 0) is 4.79 Å². The number of amides is 1. The Balaban J connectivity index is 1.86. The molecule has 0 bridgehead atoms. The highest BCUT2D eigenvalue weighted by Gasteiger charge is 2.45. The van der Waals surface area contributed by atoms with Crippen LogP contribution < -0.4 is 5.32 Å². The topological polar surface area (TPSA) is 32.3 Å². The van der Waals surface area contributed by atoms with Crippen molar-refractivity contribution in [1.29, 1.82) is 0 Å². The molecule has 0 radical (unpaired) electrons. The van der Waals surface area contributed by atoms with Gasteiger partial charge in [0.2, 0.25) is 5.91 Å². The summed E-state index contributed by atoms with van der Waals surface area (Å²) in [6, 6.07) is 0.656. The van der Waals surface area contributed by atoms with Crippen LogP contribution in [0.3, 0.4) is 0 Å². The van der Waals surface area contributed by atoms with Gasteiger partial charge >= 0.3 is 0 Å². The molecule has 2 aliphatic heterocycles. The number of hydrogen-bond acceptors (Lipinski definition) is 2. The summed E-state index contributed by atoms with van der Waals surface area (Å²) < 4.78 is 0. The second kappa shape index (κ2) is 2.98. The van der Waals surface area contributed by atoms with Gasteiger partial charge in [0.15, 0.2) is 0 Å². The zero-order valence-corrected chi connectivity index (χ0v) is 8.47. The van der Waals surface area contributed by atoms with Crippen molar-refractivity contribution in [2.75, 3.05) is 19.6 Å². The third-order valence-corrected chi connectivity index (χ3v) is 3.35. The number of hydrogen-bond donors (Lipinski definition) is 1. The molecule has 1 spiro atoms. The lowest BCUT2D eigenvalue weighted by Gasteiger charge is -2.53. The largest absolute Gasteiger partial charge is 0.355 e. The van der Waals surface area contributed by atoms with Crippen LogP contribution in [0.25, 0.3) is 0 Å². The van der Waals surface area contributed by atoms with E-state index in [0.29, 0.717) is 11.5 Å². The Hall–Kier alpha value is -0.570. The molecule has 2 aliphatic rings. The van der Waals surface area contributed by atoms with Crippen LogP contribution in [0.5, 0.6) is 0 Å². The minimum Gasteiger partial charge on any atom is -0.355 e. The van der Waals surface area contributed by atoms with Crippen molar-refractivity contribution < 1.29 is 4.79 Å². The third kappa shape index (κ3) is 1.57. The fourth-order valence-electron chi connectivity index (χ4n) is 2.29. The number of nitrogens with zero attached hydrogens (tertiary/aromatic N) is 1. The summed E-state index contributed by atoms with van der Waals surface area (Å²) in [5.41, 5.74) is 0.429. The third-order valence-electron chi connectivity index (χ3n) is 3.35. The van der Waals surface area contributed by atoms with E-state index in [9.17, 15) is 4.79 Å². The molecule has 0 unspecified atom stereocenters. The second-order valence-electron chi connectivity index (χ2n) is 4.78. The molecule has 0 saturated carbocycles. The van der Waals surface area contributed by atoms with Crippen molar-refractivity contribution in [2.45, 2.75) is 32.7 Å². The standard InChI is InChI=1S/C10H18N2O/c1-8(2)12-6-10(7-12)4-3-9(13)11-5-10/h8H,3-7H2,1-2H3,(H,11,13). The maximum atomic E-state index is 11.0. The van der Waals surface area contributed by atoms with Gasteiger partial charge in [-0.1, -0.05) is 0 Å². The number of carbonyl (C=O) groups is 1. The molecular formula is C10H18N2O. The molecule has 0 aromatic rings. The predicted molar refractivity (Wildman–Crippen MR) is 51.4 cm³/mol. The molecule has 0 aromatic heterocycles. The Morgan fingerprint density at radius 2 is 2.15 bits per heavy atom. The van der Waals surface area contributed by atoms with Gasteiger partial charge in [-0.15, -0.1) is 0 Å². The maximum absolute atomic E-state index is 11.0. The van der Waals surface area contributed by atoms with Crippen LogP contribution >= 0.6 is 0 Å². The monoisotopic (exact) mass is 182 g/mol. The van der Waals surface area contributed by atoms with E-state index in [1.54, 1.807) is 0 Å². The van der Waals surface area contributed by atoms with Gasteiger partial charge < -0.3 is 5.32 Å². The minimum atomic E-state index is 0.230. The van der Waals surface area contributed by atoms with Gasteiger partial charge in [-0.2, -0.15) is 0 Å². The predicted octanol–water partition coefficient (Wildman–Crippen LogP) is 0.607. The lowest BCUT2D eigenvalue weighted by atomic mass is 9.73. The molecule has 1 amide bonds. The van der Waals surface area contributed by atoms with Crippen LogP contribution in [0.2, 0.25) is 0 Å². The molecule has 0 atom stereocenters. The summed E-state index contributed by atoms with van der Waals surface area (Å²) in [6.45, 7) is 7.70. The summed E-state index contributed by atoms with van der Waals surface area (Å²) in [5, 5.41) is 2.97. The molecule has 2 fully saturated rings. The van der Waals surface area contributed by atoms with Gasteiger partial charge in [-0.3, -0.25) is 9.69 Å². The molecular weight excluding hydrogens is 164 g/mol. The zero-order chi connectivity index (χ0) is 9.47. The molecule has 0 aromatic carbocycles. The number of piperidine rings is 1. The molecule has 3 heteroatoms. The van der Waals surface area contributed by atoms with Gasteiger partial charge in [0, 0.05) is 37.5 Å². The van der Waals surface area contributed by atoms with E-state index < -0.39 is 0 Å². The zero-order valence-electron chi connectivity index (χ0n) is 8.47. The van der Waals surface area contributed by atoms with E-state index in [0.717, 1.165) is 19.4 Å². The first-order valence-corrected chi connectivity index (χ1v) is 5.12. The number of carbonyl (C=O) groups excluding carboxylic acids is 1. The molecule has 1 N–H and O–H groups in total. The molecule has 13 heavy (non-hydrogen) atoms. The maximum Gasteiger partial charge on any atom is 0.220 e. The SMILES string of the molecule is CC(C)N1CC2(CCC(=O)NC2)C1. The van der Waals surface area contributed by atoms with E-state index in [2.05, 4.69) is 24.1 Å². The minimum absolute atomic E-state index is 0.230.